The van der Waals surface area contributed by atoms with E-state index in [2.05, 4.69) is 47.6 Å². The lowest BCUT2D eigenvalue weighted by molar-refractivity contribution is -0.386. The van der Waals surface area contributed by atoms with Gasteiger partial charge >= 0.3 is 5.69 Å². The summed E-state index contributed by atoms with van der Waals surface area (Å²) in [6.45, 7) is 3.28. The number of rotatable bonds is 8. The first kappa shape index (κ1) is 24.5. The quantitative estimate of drug-likeness (QED) is 0.224. The van der Waals surface area contributed by atoms with Gasteiger partial charge in [-0.2, -0.15) is 9.78 Å². The van der Waals surface area contributed by atoms with Gasteiger partial charge in [0.1, 0.15) is 0 Å². The number of anilines is 1. The molecule has 3 aromatic rings. The smallest absolute Gasteiger partial charge is 0.315 e. The van der Waals surface area contributed by atoms with E-state index in [1.165, 1.54) is 24.1 Å². The number of nitrogens with two attached hydrogens (primary N) is 1. The Labute approximate surface area is 203 Å². The zero-order valence-electron chi connectivity index (χ0n) is 19.5. The molecule has 0 aliphatic carbocycles. The molecule has 36 heavy (non-hydrogen) atoms. The molecule has 3 heterocycles. The second kappa shape index (κ2) is 10.3. The highest BCUT2D eigenvalue weighted by molar-refractivity contribution is 5.94. The van der Waals surface area contributed by atoms with Crippen LogP contribution in [0.4, 0.5) is 11.5 Å². The molecule has 1 atom stereocenters. The van der Waals surface area contributed by atoms with Crippen LogP contribution in [0.5, 0.6) is 11.5 Å². The molecule has 1 saturated heterocycles. The number of phenols is 1. The van der Waals surface area contributed by atoms with Crippen LogP contribution in [0.25, 0.3) is 5.82 Å². The topological polar surface area (TPSA) is 213 Å². The van der Waals surface area contributed by atoms with Crippen LogP contribution in [0.2, 0.25) is 0 Å². The Morgan fingerprint density at radius 1 is 1.44 bits per heavy atom. The predicted octanol–water partition coefficient (Wildman–Crippen LogP) is 0.993. The molecule has 16 nitrogen and oxygen atoms in total. The first-order chi connectivity index (χ1) is 17.3. The summed E-state index contributed by atoms with van der Waals surface area (Å²) >= 11 is 0. The standard InChI is InChI=1S/C20H24N10O6/c1-11-5-3-4-6-28(11)10-14-16(23-27-29(14)19-18(21)25-36-26-19)20(32)24-22-9-12-7-13(30(33)34)17(31)15(8-12)35-2/h7-9,11,31H,3-6,10H2,1-2H3,(H2,21,25)(H,24,32)/b22-9+. The Hall–Kier alpha value is -4.60. The minimum Gasteiger partial charge on any atom is -0.500 e. The highest BCUT2D eigenvalue weighted by Crippen LogP contribution is 2.36. The average molecular weight is 500 g/mol. The molecule has 0 radical (unpaired) electrons. The number of carbonyl (C=O) groups excluding carboxylic acids is 1. The van der Waals surface area contributed by atoms with Crippen molar-refractivity contribution in [3.05, 3.63) is 39.2 Å². The van der Waals surface area contributed by atoms with Gasteiger partial charge in [-0.3, -0.25) is 19.8 Å². The summed E-state index contributed by atoms with van der Waals surface area (Å²) in [7, 11) is 1.26. The van der Waals surface area contributed by atoms with E-state index in [0.29, 0.717) is 12.2 Å². The third-order valence-corrected chi connectivity index (χ3v) is 5.84. The number of aromatic nitrogens is 5. The number of piperidine rings is 1. The van der Waals surface area contributed by atoms with E-state index < -0.39 is 22.3 Å². The fourth-order valence-electron chi connectivity index (χ4n) is 3.91. The number of nitrogens with one attached hydrogen (secondary N) is 1. The lowest BCUT2D eigenvalue weighted by atomic mass is 10.0. The van der Waals surface area contributed by atoms with Crippen molar-refractivity contribution in [2.75, 3.05) is 19.4 Å². The van der Waals surface area contributed by atoms with Gasteiger partial charge in [-0.15, -0.1) is 5.10 Å². The maximum absolute atomic E-state index is 13.0. The number of phenolic OH excluding ortho intramolecular Hbond substituents is 1. The lowest BCUT2D eigenvalue weighted by Crippen LogP contribution is -2.38. The van der Waals surface area contributed by atoms with Crippen LogP contribution >= 0.6 is 0 Å². The molecule has 0 bridgehead atoms. The number of methoxy groups -OCH3 is 1. The van der Waals surface area contributed by atoms with Gasteiger partial charge in [0.25, 0.3) is 5.91 Å². The monoisotopic (exact) mass is 500 g/mol. The van der Waals surface area contributed by atoms with E-state index in [0.717, 1.165) is 31.9 Å². The summed E-state index contributed by atoms with van der Waals surface area (Å²) in [6.07, 6.45) is 4.33. The van der Waals surface area contributed by atoms with Gasteiger partial charge in [0, 0.05) is 24.2 Å². The molecule has 0 saturated carbocycles. The number of aromatic hydroxyl groups is 1. The SMILES string of the molecule is COc1cc(/C=N/NC(=O)c2nnn(-c3nonc3N)c2CN2CCCCC2C)cc([N+](=O)[O-])c1O. The largest absolute Gasteiger partial charge is 0.500 e. The molecule has 1 aliphatic heterocycles. The Kier molecular flexibility index (Phi) is 7.05. The number of nitrogen functional groups attached to an aromatic ring is 1. The van der Waals surface area contributed by atoms with E-state index in [-0.39, 0.29) is 34.7 Å². The fraction of sp³-hybridized carbons (Fsp3) is 0.400. The molecule has 16 heteroatoms. The first-order valence-electron chi connectivity index (χ1n) is 11.0. The molecule has 1 aliphatic rings. The van der Waals surface area contributed by atoms with Crippen molar-refractivity contribution < 1.29 is 24.2 Å². The van der Waals surface area contributed by atoms with Gasteiger partial charge in [0.15, 0.2) is 11.4 Å². The van der Waals surface area contributed by atoms with Crippen molar-refractivity contribution in [2.45, 2.75) is 38.8 Å². The number of benzene rings is 1. The molecule has 1 amide bonds. The molecule has 0 spiro atoms. The van der Waals surface area contributed by atoms with E-state index in [9.17, 15) is 20.0 Å². The summed E-state index contributed by atoms with van der Waals surface area (Å²) < 4.78 is 10.9. The van der Waals surface area contributed by atoms with E-state index >= 15 is 0 Å². The number of nitro benzene ring substituents is 1. The van der Waals surface area contributed by atoms with Gasteiger partial charge in [0.05, 0.1) is 23.9 Å². The van der Waals surface area contributed by atoms with Crippen molar-refractivity contribution in [1.29, 1.82) is 0 Å². The summed E-state index contributed by atoms with van der Waals surface area (Å²) in [5.41, 5.74) is 8.22. The van der Waals surface area contributed by atoms with Gasteiger partial charge in [0.2, 0.25) is 17.4 Å². The van der Waals surface area contributed by atoms with Gasteiger partial charge in [-0.05, 0) is 42.7 Å². The van der Waals surface area contributed by atoms with Crippen LogP contribution in [0, 0.1) is 10.1 Å². The minimum atomic E-state index is -0.760. The number of nitro groups is 1. The third-order valence-electron chi connectivity index (χ3n) is 5.84. The Bertz CT molecular complexity index is 1300. The summed E-state index contributed by atoms with van der Waals surface area (Å²) in [5, 5.41) is 40.3. The Balaban J connectivity index is 1.60. The average Bonchev–Trinajstić information content (AvgIpc) is 3.46. The number of nitrogens with zero attached hydrogens (tertiary/aromatic N) is 8. The second-order valence-corrected chi connectivity index (χ2v) is 8.13. The third kappa shape index (κ3) is 4.92. The highest BCUT2D eigenvalue weighted by Gasteiger charge is 2.28. The number of hydrogen-bond donors (Lipinski definition) is 3. The second-order valence-electron chi connectivity index (χ2n) is 8.13. The van der Waals surface area contributed by atoms with Crippen LogP contribution in [0.15, 0.2) is 21.9 Å². The zero-order valence-corrected chi connectivity index (χ0v) is 19.5. The van der Waals surface area contributed by atoms with Crippen molar-refractivity contribution in [3.63, 3.8) is 0 Å². The highest BCUT2D eigenvalue weighted by atomic mass is 16.6. The zero-order chi connectivity index (χ0) is 25.8. The Morgan fingerprint density at radius 3 is 2.92 bits per heavy atom. The van der Waals surface area contributed by atoms with Gasteiger partial charge in [-0.25, -0.2) is 10.1 Å². The molecular formula is C20H24N10O6. The number of carbonyl (C=O) groups is 1. The number of ether oxygens (including phenoxy) is 1. The van der Waals surface area contributed by atoms with Crippen LogP contribution in [-0.4, -0.2) is 72.1 Å². The summed E-state index contributed by atoms with van der Waals surface area (Å²) in [5.74, 6) is -1.31. The molecule has 2 aromatic heterocycles. The van der Waals surface area contributed by atoms with E-state index in [4.69, 9.17) is 10.5 Å². The summed E-state index contributed by atoms with van der Waals surface area (Å²) in [4.78, 5) is 25.6. The number of hydrogen-bond acceptors (Lipinski definition) is 13. The predicted molar refractivity (Wildman–Crippen MR) is 124 cm³/mol. The maximum Gasteiger partial charge on any atom is 0.315 e. The number of likely N-dealkylation sites (tertiary alicyclic amines) is 1. The molecule has 4 N–H and O–H groups in total. The van der Waals surface area contributed by atoms with E-state index in [1.54, 1.807) is 0 Å². The van der Waals surface area contributed by atoms with E-state index in [1.807, 2.05) is 0 Å². The maximum atomic E-state index is 13.0. The molecule has 1 aromatic carbocycles. The Morgan fingerprint density at radius 2 is 2.25 bits per heavy atom. The molecule has 190 valence electrons. The minimum absolute atomic E-state index is 0.0124. The van der Waals surface area contributed by atoms with Crippen LogP contribution < -0.4 is 15.9 Å². The van der Waals surface area contributed by atoms with Crippen LogP contribution in [-0.2, 0) is 6.54 Å². The molecule has 4 rings (SSSR count). The summed E-state index contributed by atoms with van der Waals surface area (Å²) in [6, 6.07) is 2.70. The van der Waals surface area contributed by atoms with Gasteiger partial charge in [-0.1, -0.05) is 11.6 Å². The first-order valence-corrected chi connectivity index (χ1v) is 11.0. The van der Waals surface area contributed by atoms with Crippen molar-refractivity contribution >= 4 is 23.6 Å². The van der Waals surface area contributed by atoms with Crippen LogP contribution in [0.3, 0.4) is 0 Å². The molecule has 1 unspecified atom stereocenters. The van der Waals surface area contributed by atoms with Crippen molar-refractivity contribution in [2.24, 2.45) is 5.10 Å². The number of hydrazone groups is 1. The molecule has 1 fully saturated rings. The number of amides is 1. The fourth-order valence-corrected chi connectivity index (χ4v) is 3.91. The lowest BCUT2D eigenvalue weighted by Gasteiger charge is -2.33. The molecular weight excluding hydrogens is 476 g/mol. The van der Waals surface area contributed by atoms with Crippen LogP contribution in [0.1, 0.15) is 47.9 Å². The van der Waals surface area contributed by atoms with Crippen molar-refractivity contribution in [3.8, 4) is 17.3 Å². The van der Waals surface area contributed by atoms with Gasteiger partial charge < -0.3 is 15.6 Å². The van der Waals surface area contributed by atoms with Crippen molar-refractivity contribution in [1.82, 2.24) is 35.6 Å². The normalized spacial score (nSPS) is 16.3.